The minimum Gasteiger partial charge on any atom is -0.490 e. The quantitative estimate of drug-likeness (QED) is 0.808. The van der Waals surface area contributed by atoms with Crippen LogP contribution in [0.5, 0.6) is 11.5 Å². The molecule has 1 aliphatic heterocycles. The number of ether oxygens (including phenoxy) is 2. The first-order valence-corrected chi connectivity index (χ1v) is 5.37. The molecule has 0 aliphatic carbocycles. The molecule has 1 aromatic carbocycles. The maximum absolute atomic E-state index is 10.9. The summed E-state index contributed by atoms with van der Waals surface area (Å²) in [6, 6.07) is 4.66. The molecule has 1 unspecified atom stereocenters. The van der Waals surface area contributed by atoms with Crippen LogP contribution < -0.4 is 9.47 Å². The molecule has 2 N–H and O–H groups in total. The summed E-state index contributed by atoms with van der Waals surface area (Å²) in [4.78, 5) is 10.9. The zero-order valence-corrected chi connectivity index (χ0v) is 9.47. The highest BCUT2D eigenvalue weighted by Gasteiger charge is 2.33. The molecule has 0 amide bonds. The van der Waals surface area contributed by atoms with Crippen LogP contribution in [0, 0.1) is 0 Å². The summed E-state index contributed by atoms with van der Waals surface area (Å²) in [5.74, 6) is -0.249. The van der Waals surface area contributed by atoms with Crippen LogP contribution >= 0.6 is 0 Å². The van der Waals surface area contributed by atoms with Crippen molar-refractivity contribution in [3.63, 3.8) is 0 Å². The predicted molar refractivity (Wildman–Crippen MR) is 59.3 cm³/mol. The molecular weight excluding hydrogens is 224 g/mol. The zero-order valence-electron chi connectivity index (χ0n) is 9.47. The monoisotopic (exact) mass is 238 g/mol. The average molecular weight is 238 g/mol. The number of hydrogen-bond donors (Lipinski definition) is 2. The van der Waals surface area contributed by atoms with Crippen molar-refractivity contribution < 1.29 is 24.5 Å². The molecule has 1 aromatic rings. The lowest BCUT2D eigenvalue weighted by Gasteiger charge is -2.19. The van der Waals surface area contributed by atoms with Gasteiger partial charge in [-0.1, -0.05) is 6.07 Å². The maximum atomic E-state index is 10.9. The van der Waals surface area contributed by atoms with E-state index in [9.17, 15) is 9.90 Å². The van der Waals surface area contributed by atoms with Crippen molar-refractivity contribution in [1.29, 1.82) is 0 Å². The van der Waals surface area contributed by atoms with Crippen LogP contribution in [0.15, 0.2) is 18.2 Å². The highest BCUT2D eigenvalue weighted by Crippen LogP contribution is 2.34. The van der Waals surface area contributed by atoms with E-state index in [1.807, 2.05) is 0 Å². The summed E-state index contributed by atoms with van der Waals surface area (Å²) in [7, 11) is 0. The van der Waals surface area contributed by atoms with Crippen LogP contribution in [0.4, 0.5) is 0 Å². The minimum atomic E-state index is -1.93. The molecule has 0 fully saturated rings. The number of carbonyl (C=O) groups is 1. The number of aliphatic carboxylic acids is 1. The van der Waals surface area contributed by atoms with Gasteiger partial charge in [0.25, 0.3) is 0 Å². The highest BCUT2D eigenvalue weighted by atomic mass is 16.5. The Kier molecular flexibility index (Phi) is 2.93. The molecule has 1 aliphatic rings. The number of rotatable bonds is 2. The summed E-state index contributed by atoms with van der Waals surface area (Å²) < 4.78 is 10.9. The van der Waals surface area contributed by atoms with Gasteiger partial charge in [0.05, 0.1) is 13.2 Å². The van der Waals surface area contributed by atoms with E-state index in [1.54, 1.807) is 6.07 Å². The summed E-state index contributed by atoms with van der Waals surface area (Å²) in [6.07, 6.45) is 0.777. The smallest absolute Gasteiger partial charge is 0.340 e. The number of hydrogen-bond acceptors (Lipinski definition) is 4. The molecule has 2 rings (SSSR count). The second-order valence-electron chi connectivity index (χ2n) is 4.09. The van der Waals surface area contributed by atoms with Gasteiger partial charge in [0.15, 0.2) is 17.1 Å². The third kappa shape index (κ3) is 2.19. The van der Waals surface area contributed by atoms with Crippen molar-refractivity contribution in [3.05, 3.63) is 23.8 Å². The van der Waals surface area contributed by atoms with Gasteiger partial charge in [0, 0.05) is 6.42 Å². The van der Waals surface area contributed by atoms with E-state index in [0.29, 0.717) is 24.7 Å². The Labute approximate surface area is 98.6 Å². The molecule has 1 atom stereocenters. The minimum absolute atomic E-state index is 0.272. The summed E-state index contributed by atoms with van der Waals surface area (Å²) in [5, 5.41) is 18.8. The van der Waals surface area contributed by atoms with E-state index in [2.05, 4.69) is 0 Å². The summed E-state index contributed by atoms with van der Waals surface area (Å²) in [6.45, 7) is 2.32. The third-order valence-corrected chi connectivity index (χ3v) is 2.73. The first-order chi connectivity index (χ1) is 8.01. The first kappa shape index (κ1) is 11.7. The van der Waals surface area contributed by atoms with Gasteiger partial charge in [0.2, 0.25) is 0 Å². The van der Waals surface area contributed by atoms with E-state index in [0.717, 1.165) is 6.42 Å². The maximum Gasteiger partial charge on any atom is 0.340 e. The van der Waals surface area contributed by atoms with Crippen LogP contribution in [-0.4, -0.2) is 29.4 Å². The van der Waals surface area contributed by atoms with Crippen LogP contribution in [0.3, 0.4) is 0 Å². The lowest BCUT2D eigenvalue weighted by molar-refractivity contribution is -0.157. The lowest BCUT2D eigenvalue weighted by atomic mass is 9.96. The molecular formula is C12H14O5. The molecule has 5 heteroatoms. The summed E-state index contributed by atoms with van der Waals surface area (Å²) in [5.41, 5.74) is -1.65. The third-order valence-electron chi connectivity index (χ3n) is 2.73. The standard InChI is InChI=1S/C12H14O5/c1-12(15,11(13)14)8-3-4-9-10(7-8)17-6-2-5-16-9/h3-4,7,15H,2,5-6H2,1H3,(H,13,14). The van der Waals surface area contributed by atoms with Gasteiger partial charge in [0.1, 0.15) is 0 Å². The van der Waals surface area contributed by atoms with Crippen molar-refractivity contribution in [1.82, 2.24) is 0 Å². The number of carboxylic acid groups (broad SMARTS) is 1. The van der Waals surface area contributed by atoms with Crippen molar-refractivity contribution >= 4 is 5.97 Å². The van der Waals surface area contributed by atoms with Crippen molar-refractivity contribution in [3.8, 4) is 11.5 Å². The Bertz CT molecular complexity index is 439. The largest absolute Gasteiger partial charge is 0.490 e. The SMILES string of the molecule is CC(O)(C(=O)O)c1ccc2c(c1)OCCCO2. The van der Waals surface area contributed by atoms with E-state index >= 15 is 0 Å². The Morgan fingerprint density at radius 2 is 1.94 bits per heavy atom. The fourth-order valence-electron chi connectivity index (χ4n) is 1.59. The van der Waals surface area contributed by atoms with E-state index in [-0.39, 0.29) is 5.56 Å². The fourth-order valence-corrected chi connectivity index (χ4v) is 1.59. The van der Waals surface area contributed by atoms with E-state index in [4.69, 9.17) is 14.6 Å². The second kappa shape index (κ2) is 4.25. The molecule has 0 radical (unpaired) electrons. The second-order valence-corrected chi connectivity index (χ2v) is 4.09. The zero-order chi connectivity index (χ0) is 12.5. The molecule has 0 saturated heterocycles. The molecule has 0 saturated carbocycles. The molecule has 92 valence electrons. The van der Waals surface area contributed by atoms with E-state index in [1.165, 1.54) is 19.1 Å². The Hall–Kier alpha value is -1.75. The molecule has 0 bridgehead atoms. The van der Waals surface area contributed by atoms with Crippen molar-refractivity contribution in [2.75, 3.05) is 13.2 Å². The van der Waals surface area contributed by atoms with Gasteiger partial charge < -0.3 is 19.7 Å². The Balaban J connectivity index is 2.39. The first-order valence-electron chi connectivity index (χ1n) is 5.37. The normalized spacial score (nSPS) is 18.0. The van der Waals surface area contributed by atoms with Gasteiger partial charge in [-0.15, -0.1) is 0 Å². The van der Waals surface area contributed by atoms with Crippen LogP contribution in [0.2, 0.25) is 0 Å². The van der Waals surface area contributed by atoms with Crippen molar-refractivity contribution in [2.45, 2.75) is 18.9 Å². The number of benzene rings is 1. The van der Waals surface area contributed by atoms with Gasteiger partial charge in [-0.2, -0.15) is 0 Å². The van der Waals surface area contributed by atoms with Gasteiger partial charge in [-0.05, 0) is 24.6 Å². The molecule has 1 heterocycles. The summed E-state index contributed by atoms with van der Waals surface area (Å²) >= 11 is 0. The van der Waals surface area contributed by atoms with Gasteiger partial charge >= 0.3 is 5.97 Å². The van der Waals surface area contributed by atoms with E-state index < -0.39 is 11.6 Å². The molecule has 0 aromatic heterocycles. The molecule has 17 heavy (non-hydrogen) atoms. The average Bonchev–Trinajstić information content (AvgIpc) is 2.52. The van der Waals surface area contributed by atoms with Crippen LogP contribution in [-0.2, 0) is 10.4 Å². The predicted octanol–water partition coefficient (Wildman–Crippen LogP) is 1.14. The highest BCUT2D eigenvalue weighted by molar-refractivity contribution is 5.78. The number of aliphatic hydroxyl groups is 1. The Morgan fingerprint density at radius 1 is 1.29 bits per heavy atom. The van der Waals surface area contributed by atoms with Crippen LogP contribution in [0.25, 0.3) is 0 Å². The fraction of sp³-hybridized carbons (Fsp3) is 0.417. The van der Waals surface area contributed by atoms with Gasteiger partial charge in [-0.25, -0.2) is 4.79 Å². The van der Waals surface area contributed by atoms with Crippen LogP contribution in [0.1, 0.15) is 18.9 Å². The topological polar surface area (TPSA) is 76.0 Å². The molecule has 0 spiro atoms. The molecule has 5 nitrogen and oxygen atoms in total. The number of fused-ring (bicyclic) bond motifs is 1. The lowest BCUT2D eigenvalue weighted by Crippen LogP contribution is -2.31. The van der Waals surface area contributed by atoms with Crippen molar-refractivity contribution in [2.24, 2.45) is 0 Å². The number of carboxylic acids is 1. The Morgan fingerprint density at radius 3 is 2.59 bits per heavy atom. The van der Waals surface area contributed by atoms with Gasteiger partial charge in [-0.3, -0.25) is 0 Å².